The molecule has 0 bridgehead atoms. The van der Waals surface area contributed by atoms with E-state index < -0.39 is 11.5 Å². The van der Waals surface area contributed by atoms with Gasteiger partial charge in [-0.15, -0.1) is 0 Å². The van der Waals surface area contributed by atoms with E-state index in [1.54, 1.807) is 19.2 Å². The second-order valence-corrected chi connectivity index (χ2v) is 9.35. The van der Waals surface area contributed by atoms with Crippen molar-refractivity contribution in [2.45, 2.75) is 43.4 Å². The second-order valence-electron chi connectivity index (χ2n) is 9.35. The SMILES string of the molecule is CN1O[C@@]2(C[C@H](C3CCCc4ccccc43)Oc3ccc(-c4ccc(F)c(N)c4)cc32)N=C1N. The molecular formula is C27H27FN4O2. The third kappa shape index (κ3) is 3.30. The molecule has 2 heterocycles. The predicted molar refractivity (Wildman–Crippen MR) is 130 cm³/mol. The molecule has 0 saturated carbocycles. The number of rotatable bonds is 2. The van der Waals surface area contributed by atoms with E-state index in [0.717, 1.165) is 41.7 Å². The van der Waals surface area contributed by atoms with Gasteiger partial charge in [-0.25, -0.2) is 19.3 Å². The highest BCUT2D eigenvalue weighted by Crippen LogP contribution is 2.51. The average molecular weight is 459 g/mol. The first-order valence-electron chi connectivity index (χ1n) is 11.7. The van der Waals surface area contributed by atoms with Crippen molar-refractivity contribution >= 4 is 11.6 Å². The van der Waals surface area contributed by atoms with Crippen molar-refractivity contribution < 1.29 is 14.0 Å². The zero-order valence-corrected chi connectivity index (χ0v) is 19.0. The van der Waals surface area contributed by atoms with E-state index in [1.165, 1.54) is 22.3 Å². The fourth-order valence-electron chi connectivity index (χ4n) is 5.57. The van der Waals surface area contributed by atoms with E-state index in [-0.39, 0.29) is 17.7 Å². The first-order chi connectivity index (χ1) is 16.4. The third-order valence-electron chi connectivity index (χ3n) is 7.26. The summed E-state index contributed by atoms with van der Waals surface area (Å²) in [5.41, 5.74) is 16.3. The number of aliphatic imine (C=N–C) groups is 1. The number of nitrogens with zero attached hydrogens (tertiary/aromatic N) is 2. The number of nitrogen functional groups attached to an aromatic ring is 1. The Morgan fingerprint density at radius 2 is 1.85 bits per heavy atom. The Labute approximate surface area is 197 Å². The molecule has 3 aliphatic rings. The van der Waals surface area contributed by atoms with Crippen molar-refractivity contribution in [1.82, 2.24) is 5.06 Å². The largest absolute Gasteiger partial charge is 0.489 e. The lowest BCUT2D eigenvalue weighted by Crippen LogP contribution is -2.42. The fourth-order valence-corrected chi connectivity index (χ4v) is 5.57. The summed E-state index contributed by atoms with van der Waals surface area (Å²) in [6.45, 7) is 0. The van der Waals surface area contributed by atoms with Crippen LogP contribution in [0.15, 0.2) is 65.7 Å². The molecule has 34 heavy (non-hydrogen) atoms. The number of fused-ring (bicyclic) bond motifs is 3. The lowest BCUT2D eigenvalue weighted by atomic mass is 9.76. The van der Waals surface area contributed by atoms with Crippen LogP contribution in [0.4, 0.5) is 10.1 Å². The van der Waals surface area contributed by atoms with Gasteiger partial charge < -0.3 is 16.2 Å². The number of hydroxylamine groups is 2. The summed E-state index contributed by atoms with van der Waals surface area (Å²) in [5, 5.41) is 1.52. The first kappa shape index (κ1) is 21.0. The van der Waals surface area contributed by atoms with Gasteiger partial charge in [-0.05, 0) is 65.8 Å². The van der Waals surface area contributed by atoms with Gasteiger partial charge in [0.15, 0.2) is 0 Å². The van der Waals surface area contributed by atoms with Crippen LogP contribution in [0.5, 0.6) is 5.75 Å². The molecule has 0 amide bonds. The Kier molecular flexibility index (Phi) is 4.78. The molecule has 6 nitrogen and oxygen atoms in total. The molecule has 0 radical (unpaired) electrons. The van der Waals surface area contributed by atoms with Gasteiger partial charge in [0.1, 0.15) is 17.7 Å². The van der Waals surface area contributed by atoms with Gasteiger partial charge >= 0.3 is 0 Å². The molecule has 1 spiro atoms. The maximum atomic E-state index is 13.7. The van der Waals surface area contributed by atoms with E-state index in [1.807, 2.05) is 18.2 Å². The highest BCUT2D eigenvalue weighted by molar-refractivity contribution is 5.79. The zero-order chi connectivity index (χ0) is 23.4. The lowest BCUT2D eigenvalue weighted by Gasteiger charge is -2.41. The molecule has 174 valence electrons. The predicted octanol–water partition coefficient (Wildman–Crippen LogP) is 4.69. The van der Waals surface area contributed by atoms with Crippen LogP contribution in [0.2, 0.25) is 0 Å². The maximum absolute atomic E-state index is 13.7. The Balaban J connectivity index is 1.44. The topological polar surface area (TPSA) is 86.1 Å². The minimum absolute atomic E-state index is 0.107. The van der Waals surface area contributed by atoms with E-state index in [9.17, 15) is 4.39 Å². The van der Waals surface area contributed by atoms with Crippen LogP contribution in [0.25, 0.3) is 11.1 Å². The lowest BCUT2D eigenvalue weighted by molar-refractivity contribution is -0.192. The quantitative estimate of drug-likeness (QED) is 0.544. The van der Waals surface area contributed by atoms with Crippen molar-refractivity contribution in [3.05, 3.63) is 83.2 Å². The van der Waals surface area contributed by atoms with Gasteiger partial charge in [-0.2, -0.15) is 0 Å². The van der Waals surface area contributed by atoms with Gasteiger partial charge in [0, 0.05) is 19.4 Å². The van der Waals surface area contributed by atoms with Crippen LogP contribution in [0.3, 0.4) is 0 Å². The maximum Gasteiger partial charge on any atom is 0.221 e. The number of hydrogen-bond acceptors (Lipinski definition) is 6. The van der Waals surface area contributed by atoms with E-state index in [4.69, 9.17) is 26.0 Å². The first-order valence-corrected chi connectivity index (χ1v) is 11.7. The molecule has 0 saturated heterocycles. The van der Waals surface area contributed by atoms with Crippen LogP contribution < -0.4 is 16.2 Å². The molecule has 4 N–H and O–H groups in total. The van der Waals surface area contributed by atoms with E-state index >= 15 is 0 Å². The highest BCUT2D eigenvalue weighted by atomic mass is 19.1. The Bertz CT molecular complexity index is 1310. The summed E-state index contributed by atoms with van der Waals surface area (Å²) in [6, 6.07) is 19.2. The summed E-state index contributed by atoms with van der Waals surface area (Å²) >= 11 is 0. The van der Waals surface area contributed by atoms with Crippen LogP contribution in [-0.2, 0) is 17.0 Å². The molecule has 3 aromatic rings. The summed E-state index contributed by atoms with van der Waals surface area (Å²) in [7, 11) is 1.76. The minimum atomic E-state index is -0.981. The van der Waals surface area contributed by atoms with Gasteiger partial charge in [0.05, 0.1) is 11.3 Å². The van der Waals surface area contributed by atoms with Crippen molar-refractivity contribution in [2.75, 3.05) is 12.8 Å². The van der Waals surface area contributed by atoms with Crippen LogP contribution in [-0.4, -0.2) is 24.2 Å². The number of anilines is 1. The van der Waals surface area contributed by atoms with Crippen molar-refractivity contribution in [1.29, 1.82) is 0 Å². The van der Waals surface area contributed by atoms with Crippen LogP contribution in [0.1, 0.15) is 41.9 Å². The number of aryl methyl sites for hydroxylation is 1. The molecule has 6 rings (SSSR count). The summed E-state index contributed by atoms with van der Waals surface area (Å²) in [6.07, 6.45) is 3.70. The molecule has 1 unspecified atom stereocenters. The van der Waals surface area contributed by atoms with E-state index in [2.05, 4.69) is 24.3 Å². The van der Waals surface area contributed by atoms with Crippen molar-refractivity contribution in [2.24, 2.45) is 10.7 Å². The zero-order valence-electron chi connectivity index (χ0n) is 19.0. The smallest absolute Gasteiger partial charge is 0.221 e. The van der Waals surface area contributed by atoms with Crippen LogP contribution in [0, 0.1) is 5.82 Å². The normalized spacial score (nSPS) is 25.5. The molecule has 3 aromatic carbocycles. The van der Waals surface area contributed by atoms with Crippen molar-refractivity contribution in [3.63, 3.8) is 0 Å². The van der Waals surface area contributed by atoms with Gasteiger partial charge in [-0.1, -0.05) is 36.4 Å². The van der Waals surface area contributed by atoms with Crippen LogP contribution >= 0.6 is 0 Å². The Morgan fingerprint density at radius 3 is 2.65 bits per heavy atom. The number of hydrogen-bond donors (Lipinski definition) is 2. The number of guanidine groups is 1. The number of halogens is 1. The average Bonchev–Trinajstić information content (AvgIpc) is 3.13. The molecule has 0 aromatic heterocycles. The van der Waals surface area contributed by atoms with Gasteiger partial charge in [0.2, 0.25) is 11.7 Å². The standard InChI is InChI=1S/C27H27FN4O2/c1-32-26(30)31-27(34-32)15-25(20-8-4-6-16-5-2-3-7-19(16)20)33-24-12-10-17(13-21(24)27)18-9-11-22(28)23(29)14-18/h2-3,5,7,9-14,20,25H,4,6,8,15,29H2,1H3,(H2,30,31)/t20?,25-,27-/m1/s1. The number of benzene rings is 3. The minimum Gasteiger partial charge on any atom is -0.489 e. The Hall–Kier alpha value is -3.58. The second kappa shape index (κ2) is 7.74. The summed E-state index contributed by atoms with van der Waals surface area (Å²) in [5.74, 6) is 0.866. The fraction of sp³-hybridized carbons (Fsp3) is 0.296. The molecule has 3 atom stereocenters. The monoisotopic (exact) mass is 458 g/mol. The Morgan fingerprint density at radius 1 is 1.06 bits per heavy atom. The van der Waals surface area contributed by atoms with Gasteiger partial charge in [0.25, 0.3) is 0 Å². The van der Waals surface area contributed by atoms with Gasteiger partial charge in [-0.3, -0.25) is 0 Å². The highest BCUT2D eigenvalue weighted by Gasteiger charge is 2.50. The molecule has 7 heteroatoms. The summed E-state index contributed by atoms with van der Waals surface area (Å²) < 4.78 is 20.4. The van der Waals surface area contributed by atoms with Crippen molar-refractivity contribution in [3.8, 4) is 16.9 Å². The number of nitrogens with two attached hydrogens (primary N) is 2. The number of ether oxygens (including phenoxy) is 1. The molecule has 1 aliphatic carbocycles. The molecule has 0 fully saturated rings. The molecular weight excluding hydrogens is 431 g/mol. The summed E-state index contributed by atoms with van der Waals surface area (Å²) in [4.78, 5) is 11.1. The molecule has 2 aliphatic heterocycles. The third-order valence-corrected chi connectivity index (χ3v) is 7.26. The van der Waals surface area contributed by atoms with E-state index in [0.29, 0.717) is 12.4 Å².